The molecule has 2 aliphatic rings. The van der Waals surface area contributed by atoms with Crippen LogP contribution in [0.2, 0.25) is 0 Å². The fourth-order valence-electron chi connectivity index (χ4n) is 2.72. The van der Waals surface area contributed by atoms with Gasteiger partial charge in [-0.3, -0.25) is 9.36 Å². The molecule has 2 fully saturated rings. The molecule has 0 spiro atoms. The Bertz CT molecular complexity index is 746. The maximum absolute atomic E-state index is 12.2. The Morgan fingerprint density at radius 2 is 2.14 bits per heavy atom. The minimum Gasteiger partial charge on any atom is -0.398 e. The van der Waals surface area contributed by atoms with Crippen molar-refractivity contribution in [1.82, 2.24) is 14.5 Å². The minimum absolute atomic E-state index is 0.0693. The Morgan fingerprint density at radius 1 is 1.33 bits per heavy atom. The van der Waals surface area contributed by atoms with Crippen LogP contribution in [0, 0.1) is 5.92 Å². The lowest BCUT2D eigenvalue weighted by Crippen LogP contribution is -2.28. The van der Waals surface area contributed by atoms with Crippen molar-refractivity contribution in [3.8, 4) is 0 Å². The van der Waals surface area contributed by atoms with Crippen LogP contribution in [-0.4, -0.2) is 20.6 Å². The largest absolute Gasteiger partial charge is 0.398 e. The summed E-state index contributed by atoms with van der Waals surface area (Å²) in [6.07, 6.45) is 7.68. The highest BCUT2D eigenvalue weighted by molar-refractivity contribution is 5.87. The first-order valence-electron chi connectivity index (χ1n) is 7.63. The molecule has 0 aliphatic heterocycles. The average molecular weight is 285 g/mol. The first-order valence-corrected chi connectivity index (χ1v) is 7.63. The van der Waals surface area contributed by atoms with E-state index < -0.39 is 0 Å². The van der Waals surface area contributed by atoms with Crippen LogP contribution < -0.4 is 16.6 Å². The molecule has 21 heavy (non-hydrogen) atoms. The van der Waals surface area contributed by atoms with Gasteiger partial charge in [0.15, 0.2) is 0 Å². The lowest BCUT2D eigenvalue weighted by molar-refractivity contribution is 0.443. The van der Waals surface area contributed by atoms with Crippen LogP contribution in [0.4, 0.5) is 11.6 Å². The number of fused-ring (bicyclic) bond motifs is 1. The molecule has 6 heteroatoms. The summed E-state index contributed by atoms with van der Waals surface area (Å²) < 4.78 is 1.75. The first kappa shape index (κ1) is 12.6. The summed E-state index contributed by atoms with van der Waals surface area (Å²) in [6.45, 7) is 0.732. The number of nitrogens with two attached hydrogens (primary N) is 1. The molecule has 3 N–H and O–H groups in total. The van der Waals surface area contributed by atoms with Gasteiger partial charge in [-0.25, -0.2) is 4.98 Å². The summed E-state index contributed by atoms with van der Waals surface area (Å²) in [5, 5.41) is 4.09. The van der Waals surface area contributed by atoms with Crippen molar-refractivity contribution in [2.75, 3.05) is 11.1 Å². The monoisotopic (exact) mass is 285 g/mol. The van der Waals surface area contributed by atoms with Gasteiger partial charge in [0.05, 0.1) is 5.39 Å². The molecule has 4 rings (SSSR count). The average Bonchev–Trinajstić information content (AvgIpc) is 3.22. The second-order valence-electron chi connectivity index (χ2n) is 6.19. The van der Waals surface area contributed by atoms with Crippen LogP contribution in [0.1, 0.15) is 32.1 Å². The number of nitrogens with one attached hydrogen (secondary N) is 1. The fraction of sp³-hybridized carbons (Fsp3) is 0.533. The number of anilines is 2. The SMILES string of the molecule is Nc1cc(=O)n(CC2CC2)c2nc(NC3CCC3)ncc12. The number of hydrogen-bond donors (Lipinski definition) is 2. The van der Waals surface area contributed by atoms with E-state index in [0.717, 1.165) is 24.8 Å². The van der Waals surface area contributed by atoms with Crippen molar-refractivity contribution in [2.45, 2.75) is 44.7 Å². The van der Waals surface area contributed by atoms with Gasteiger partial charge in [0.2, 0.25) is 5.95 Å². The zero-order chi connectivity index (χ0) is 14.4. The van der Waals surface area contributed by atoms with E-state index in [0.29, 0.717) is 29.2 Å². The van der Waals surface area contributed by atoms with Gasteiger partial charge in [0.25, 0.3) is 5.56 Å². The van der Waals surface area contributed by atoms with Crippen molar-refractivity contribution in [2.24, 2.45) is 5.92 Å². The van der Waals surface area contributed by atoms with Gasteiger partial charge in [-0.2, -0.15) is 4.98 Å². The molecule has 0 bridgehead atoms. The van der Waals surface area contributed by atoms with Gasteiger partial charge in [0.1, 0.15) is 5.65 Å². The standard InChI is InChI=1S/C15H19N5O/c16-12-6-13(21)20(8-9-4-5-9)14-11(12)7-17-15(19-14)18-10-2-1-3-10/h6-7,9-10H,1-5,8,16H2,(H,17,18,19). The van der Waals surface area contributed by atoms with Crippen LogP contribution in [0.25, 0.3) is 11.0 Å². The Morgan fingerprint density at radius 3 is 2.81 bits per heavy atom. The molecule has 110 valence electrons. The molecule has 2 aromatic heterocycles. The smallest absolute Gasteiger partial charge is 0.254 e. The van der Waals surface area contributed by atoms with E-state index in [9.17, 15) is 4.79 Å². The maximum atomic E-state index is 12.2. The van der Waals surface area contributed by atoms with E-state index in [2.05, 4.69) is 15.3 Å². The molecule has 2 saturated carbocycles. The van der Waals surface area contributed by atoms with Crippen LogP contribution >= 0.6 is 0 Å². The molecule has 0 aromatic carbocycles. The quantitative estimate of drug-likeness (QED) is 0.893. The Kier molecular flexibility index (Phi) is 2.83. The van der Waals surface area contributed by atoms with E-state index in [1.54, 1.807) is 10.8 Å². The number of aromatic nitrogens is 3. The molecule has 2 heterocycles. The molecule has 0 amide bonds. The normalized spacial score (nSPS) is 18.7. The molecule has 0 radical (unpaired) electrons. The second kappa shape index (κ2) is 4.72. The number of nitrogens with zero attached hydrogens (tertiary/aromatic N) is 3. The molecular formula is C15H19N5O. The molecular weight excluding hydrogens is 266 g/mol. The predicted molar refractivity (Wildman–Crippen MR) is 82.2 cm³/mol. The topological polar surface area (TPSA) is 85.8 Å². The third kappa shape index (κ3) is 2.34. The highest BCUT2D eigenvalue weighted by Gasteiger charge is 2.24. The Labute approximate surface area is 122 Å². The zero-order valence-electron chi connectivity index (χ0n) is 11.9. The van der Waals surface area contributed by atoms with Crippen LogP contribution in [0.5, 0.6) is 0 Å². The lowest BCUT2D eigenvalue weighted by atomic mass is 9.93. The van der Waals surface area contributed by atoms with Crippen LogP contribution in [0.15, 0.2) is 17.1 Å². The summed E-state index contributed by atoms with van der Waals surface area (Å²) in [5.41, 5.74) is 6.99. The van der Waals surface area contributed by atoms with E-state index in [1.165, 1.54) is 25.3 Å². The summed E-state index contributed by atoms with van der Waals surface area (Å²) in [4.78, 5) is 21.1. The summed E-state index contributed by atoms with van der Waals surface area (Å²) in [5.74, 6) is 1.20. The Hall–Kier alpha value is -2.11. The van der Waals surface area contributed by atoms with Gasteiger partial charge in [-0.05, 0) is 38.0 Å². The summed E-state index contributed by atoms with van der Waals surface area (Å²) in [7, 11) is 0. The molecule has 2 aromatic rings. The van der Waals surface area contributed by atoms with Crippen molar-refractivity contribution in [1.29, 1.82) is 0 Å². The number of pyridine rings is 1. The fourth-order valence-corrected chi connectivity index (χ4v) is 2.72. The van der Waals surface area contributed by atoms with Gasteiger partial charge in [-0.15, -0.1) is 0 Å². The second-order valence-corrected chi connectivity index (χ2v) is 6.19. The lowest BCUT2D eigenvalue weighted by Gasteiger charge is -2.26. The minimum atomic E-state index is -0.0693. The van der Waals surface area contributed by atoms with E-state index in [4.69, 9.17) is 5.73 Å². The molecule has 0 saturated heterocycles. The number of hydrogen-bond acceptors (Lipinski definition) is 5. The molecule has 2 aliphatic carbocycles. The van der Waals surface area contributed by atoms with Gasteiger partial charge in [-0.1, -0.05) is 0 Å². The predicted octanol–water partition coefficient (Wildman–Crippen LogP) is 1.75. The van der Waals surface area contributed by atoms with E-state index in [-0.39, 0.29) is 5.56 Å². The molecule has 6 nitrogen and oxygen atoms in total. The molecule has 0 unspecified atom stereocenters. The zero-order valence-corrected chi connectivity index (χ0v) is 11.9. The highest BCUT2D eigenvalue weighted by Crippen LogP contribution is 2.31. The van der Waals surface area contributed by atoms with Crippen molar-refractivity contribution < 1.29 is 0 Å². The van der Waals surface area contributed by atoms with Crippen molar-refractivity contribution in [3.63, 3.8) is 0 Å². The summed E-state index contributed by atoms with van der Waals surface area (Å²) >= 11 is 0. The maximum Gasteiger partial charge on any atom is 0.254 e. The van der Waals surface area contributed by atoms with Crippen molar-refractivity contribution >= 4 is 22.7 Å². The van der Waals surface area contributed by atoms with E-state index in [1.807, 2.05) is 0 Å². The van der Waals surface area contributed by atoms with Gasteiger partial charge in [0, 0.05) is 30.5 Å². The first-order chi connectivity index (χ1) is 10.2. The van der Waals surface area contributed by atoms with Crippen LogP contribution in [0.3, 0.4) is 0 Å². The Balaban J connectivity index is 1.79. The third-order valence-corrected chi connectivity index (χ3v) is 4.46. The molecule has 0 atom stereocenters. The van der Waals surface area contributed by atoms with Gasteiger partial charge >= 0.3 is 0 Å². The summed E-state index contributed by atoms with van der Waals surface area (Å²) in [6, 6.07) is 1.94. The third-order valence-electron chi connectivity index (χ3n) is 4.46. The number of rotatable bonds is 4. The van der Waals surface area contributed by atoms with Crippen molar-refractivity contribution in [3.05, 3.63) is 22.6 Å². The van der Waals surface area contributed by atoms with E-state index >= 15 is 0 Å². The van der Waals surface area contributed by atoms with Gasteiger partial charge < -0.3 is 11.1 Å². The van der Waals surface area contributed by atoms with Crippen LogP contribution in [-0.2, 0) is 6.54 Å². The number of nitrogen functional groups attached to an aromatic ring is 1. The highest BCUT2D eigenvalue weighted by atomic mass is 16.1.